The quantitative estimate of drug-likeness (QED) is 0.131. The van der Waals surface area contributed by atoms with E-state index in [0.29, 0.717) is 0 Å². The maximum atomic E-state index is 2.46. The van der Waals surface area contributed by atoms with Crippen molar-refractivity contribution in [2.24, 2.45) is 0 Å². The molecule has 0 bridgehead atoms. The molecule has 0 atom stereocenters. The Bertz CT molecular complexity index is 4040. The molecule has 0 unspecified atom stereocenters. The minimum absolute atomic E-state index is 1.06. The zero-order valence-corrected chi connectivity index (χ0v) is 38.5. The minimum atomic E-state index is 1.06. The number of benzene rings is 12. The predicted octanol–water partition coefficient (Wildman–Crippen LogP) is 18.9. The first-order valence-corrected chi connectivity index (χ1v) is 24.1. The largest absolute Gasteiger partial charge is 0.310 e. The van der Waals surface area contributed by atoms with Gasteiger partial charge in [-0.25, -0.2) is 0 Å². The van der Waals surface area contributed by atoms with E-state index in [0.717, 1.165) is 45.0 Å². The van der Waals surface area contributed by atoms with Gasteiger partial charge in [-0.2, -0.15) is 0 Å². The third-order valence-corrected chi connectivity index (χ3v) is 14.0. The number of para-hydroxylation sites is 2. The van der Waals surface area contributed by atoms with Gasteiger partial charge in [-0.15, -0.1) is 0 Å². The fourth-order valence-electron chi connectivity index (χ4n) is 10.7. The minimum Gasteiger partial charge on any atom is -0.310 e. The van der Waals surface area contributed by atoms with Crippen LogP contribution in [0, 0.1) is 0 Å². The first-order chi connectivity index (χ1) is 34.7. The molecule has 13 aromatic rings. The molecule has 2 heteroatoms. The molecule has 0 aliphatic rings. The third-order valence-electron chi connectivity index (χ3n) is 14.0. The fraction of sp³-hybridized carbons (Fsp3) is 0. The van der Waals surface area contributed by atoms with Crippen molar-refractivity contribution in [3.05, 3.63) is 279 Å². The normalized spacial score (nSPS) is 11.4. The summed E-state index contributed by atoms with van der Waals surface area (Å²) in [6.45, 7) is 0. The van der Waals surface area contributed by atoms with Gasteiger partial charge >= 0.3 is 0 Å². The van der Waals surface area contributed by atoms with Crippen LogP contribution in [0.5, 0.6) is 0 Å². The number of hydrogen-bond donors (Lipinski definition) is 0. The lowest BCUT2D eigenvalue weighted by Crippen LogP contribution is -2.12. The maximum absolute atomic E-state index is 2.46. The van der Waals surface area contributed by atoms with Gasteiger partial charge in [0.15, 0.2) is 0 Å². The highest BCUT2D eigenvalue weighted by Gasteiger charge is 2.23. The molecule has 0 amide bonds. The third kappa shape index (κ3) is 7.22. The number of rotatable bonds is 9. The highest BCUT2D eigenvalue weighted by Crippen LogP contribution is 2.49. The molecule has 12 aromatic carbocycles. The van der Waals surface area contributed by atoms with Crippen LogP contribution in [0.2, 0.25) is 0 Å². The molecule has 0 aliphatic heterocycles. The molecular formula is C68H46N2. The van der Waals surface area contributed by atoms with Gasteiger partial charge in [0.2, 0.25) is 0 Å². The second-order valence-electron chi connectivity index (χ2n) is 18.1. The standard InChI is InChI=1S/C68H46N2/c1-4-18-48(19-5-1)59-28-12-13-30-64(59)68-61(49-20-6-2-7-21-49)31-17-33-66(68)69(56-40-36-47(37-41-56)52-38-42-60-54(44-52)35-34-50-22-10-11-27-58(50)60)57-26-16-23-51(45-57)53-39-43-63-62-29-14-15-32-65(62)70(67(63)46-53)55-24-8-3-9-25-55/h1-46H. The summed E-state index contributed by atoms with van der Waals surface area (Å²) >= 11 is 0. The van der Waals surface area contributed by atoms with Crippen LogP contribution in [-0.4, -0.2) is 4.57 Å². The molecule has 0 N–H and O–H groups in total. The Morgan fingerprint density at radius 1 is 0.257 bits per heavy atom. The summed E-state index contributed by atoms with van der Waals surface area (Å²) in [6.07, 6.45) is 0. The van der Waals surface area contributed by atoms with E-state index in [9.17, 15) is 0 Å². The summed E-state index contributed by atoms with van der Waals surface area (Å²) in [7, 11) is 0. The summed E-state index contributed by atoms with van der Waals surface area (Å²) in [5.41, 5.74) is 18.4. The predicted molar refractivity (Wildman–Crippen MR) is 298 cm³/mol. The summed E-state index contributed by atoms with van der Waals surface area (Å²) < 4.78 is 2.40. The lowest BCUT2D eigenvalue weighted by atomic mass is 9.87. The van der Waals surface area contributed by atoms with Gasteiger partial charge in [-0.1, -0.05) is 218 Å². The highest BCUT2D eigenvalue weighted by atomic mass is 15.1. The number of anilines is 3. The molecule has 0 radical (unpaired) electrons. The lowest BCUT2D eigenvalue weighted by molar-refractivity contribution is 1.18. The van der Waals surface area contributed by atoms with E-state index >= 15 is 0 Å². The summed E-state index contributed by atoms with van der Waals surface area (Å²) in [5, 5.41) is 7.53. The van der Waals surface area contributed by atoms with Crippen molar-refractivity contribution in [2.75, 3.05) is 4.90 Å². The van der Waals surface area contributed by atoms with Crippen LogP contribution in [0.1, 0.15) is 0 Å². The Balaban J connectivity index is 1.01. The molecule has 1 heterocycles. The van der Waals surface area contributed by atoms with Crippen molar-refractivity contribution in [1.82, 2.24) is 4.57 Å². The van der Waals surface area contributed by atoms with Crippen LogP contribution in [0.3, 0.4) is 0 Å². The molecule has 0 fully saturated rings. The second kappa shape index (κ2) is 17.4. The average molecular weight is 891 g/mol. The van der Waals surface area contributed by atoms with E-state index in [2.05, 4.69) is 289 Å². The highest BCUT2D eigenvalue weighted by molar-refractivity contribution is 6.11. The van der Waals surface area contributed by atoms with E-state index in [1.54, 1.807) is 0 Å². The molecule has 0 aliphatic carbocycles. The van der Waals surface area contributed by atoms with Crippen molar-refractivity contribution in [2.45, 2.75) is 0 Å². The summed E-state index contributed by atoms with van der Waals surface area (Å²) in [6, 6.07) is 102. The van der Waals surface area contributed by atoms with Crippen molar-refractivity contribution < 1.29 is 0 Å². The number of hydrogen-bond acceptors (Lipinski definition) is 1. The SMILES string of the molecule is c1ccc(-c2ccccc2-c2c(-c3ccccc3)cccc2N(c2ccc(-c3ccc4c(ccc5ccccc54)c3)cc2)c2cccc(-c3ccc4c5ccccc5n(-c5ccccc5)c4c3)c2)cc1. The van der Waals surface area contributed by atoms with Crippen molar-refractivity contribution in [3.8, 4) is 61.3 Å². The Hall–Kier alpha value is -9.24. The second-order valence-corrected chi connectivity index (χ2v) is 18.1. The number of fused-ring (bicyclic) bond motifs is 6. The molecular weight excluding hydrogens is 845 g/mol. The summed E-state index contributed by atoms with van der Waals surface area (Å²) in [4.78, 5) is 2.46. The van der Waals surface area contributed by atoms with Crippen LogP contribution >= 0.6 is 0 Å². The van der Waals surface area contributed by atoms with Gasteiger partial charge in [0.25, 0.3) is 0 Å². The molecule has 13 rings (SSSR count). The Labute approximate surface area is 408 Å². The van der Waals surface area contributed by atoms with Gasteiger partial charge in [0.1, 0.15) is 0 Å². The zero-order chi connectivity index (χ0) is 46.4. The Kier molecular flexibility index (Phi) is 10.2. The van der Waals surface area contributed by atoms with Crippen LogP contribution < -0.4 is 4.90 Å². The first-order valence-electron chi connectivity index (χ1n) is 24.1. The molecule has 328 valence electrons. The smallest absolute Gasteiger partial charge is 0.0547 e. The van der Waals surface area contributed by atoms with Crippen molar-refractivity contribution >= 4 is 60.4 Å². The molecule has 1 aromatic heterocycles. The molecule has 0 saturated carbocycles. The van der Waals surface area contributed by atoms with Crippen molar-refractivity contribution in [3.63, 3.8) is 0 Å². The summed E-state index contributed by atoms with van der Waals surface area (Å²) in [5.74, 6) is 0. The monoisotopic (exact) mass is 890 g/mol. The maximum Gasteiger partial charge on any atom is 0.0547 e. The molecule has 70 heavy (non-hydrogen) atoms. The fourth-order valence-corrected chi connectivity index (χ4v) is 10.7. The van der Waals surface area contributed by atoms with Gasteiger partial charge in [0.05, 0.1) is 16.7 Å². The van der Waals surface area contributed by atoms with Crippen molar-refractivity contribution in [1.29, 1.82) is 0 Å². The van der Waals surface area contributed by atoms with E-state index in [4.69, 9.17) is 0 Å². The molecule has 0 spiro atoms. The van der Waals surface area contributed by atoms with Crippen LogP contribution in [0.4, 0.5) is 17.1 Å². The first kappa shape index (κ1) is 41.0. The van der Waals surface area contributed by atoms with Gasteiger partial charge in [0, 0.05) is 33.4 Å². The van der Waals surface area contributed by atoms with Gasteiger partial charge in [-0.05, 0) is 132 Å². The van der Waals surface area contributed by atoms with Crippen LogP contribution in [-0.2, 0) is 0 Å². The molecule has 2 nitrogen and oxygen atoms in total. The van der Waals surface area contributed by atoms with E-state index < -0.39 is 0 Å². The average Bonchev–Trinajstić information content (AvgIpc) is 3.77. The van der Waals surface area contributed by atoms with E-state index in [1.807, 2.05) is 0 Å². The molecule has 0 saturated heterocycles. The van der Waals surface area contributed by atoms with Gasteiger partial charge in [-0.3, -0.25) is 0 Å². The van der Waals surface area contributed by atoms with Gasteiger partial charge < -0.3 is 9.47 Å². The zero-order valence-electron chi connectivity index (χ0n) is 38.5. The number of nitrogens with zero attached hydrogens (tertiary/aromatic N) is 2. The van der Waals surface area contributed by atoms with E-state index in [-0.39, 0.29) is 0 Å². The van der Waals surface area contributed by atoms with Crippen LogP contribution in [0.25, 0.3) is 105 Å². The van der Waals surface area contributed by atoms with Crippen LogP contribution in [0.15, 0.2) is 279 Å². The van der Waals surface area contributed by atoms with E-state index in [1.165, 1.54) is 76.7 Å². The lowest BCUT2D eigenvalue weighted by Gasteiger charge is -2.30. The Morgan fingerprint density at radius 2 is 0.786 bits per heavy atom. The number of aromatic nitrogens is 1. The topological polar surface area (TPSA) is 8.17 Å². The Morgan fingerprint density at radius 3 is 1.57 bits per heavy atom.